The van der Waals surface area contributed by atoms with E-state index in [2.05, 4.69) is 21.5 Å². The normalized spacial score (nSPS) is 10.3. The second kappa shape index (κ2) is 12.7. The van der Waals surface area contributed by atoms with Crippen molar-refractivity contribution >= 4 is 70.0 Å². The number of carbonyl (C=O) groups is 3. The van der Waals surface area contributed by atoms with Crippen LogP contribution in [0.5, 0.6) is 5.75 Å². The van der Waals surface area contributed by atoms with Gasteiger partial charge in [-0.25, -0.2) is 0 Å². The molecule has 168 valence electrons. The molecule has 0 atom stereocenters. The highest BCUT2D eigenvalue weighted by molar-refractivity contribution is 7.80. The van der Waals surface area contributed by atoms with Crippen LogP contribution in [-0.2, 0) is 14.4 Å². The predicted molar refractivity (Wildman–Crippen MR) is 128 cm³/mol. The third-order valence-electron chi connectivity index (χ3n) is 3.88. The van der Waals surface area contributed by atoms with Crippen LogP contribution in [0.4, 0.5) is 5.69 Å². The van der Waals surface area contributed by atoms with Crippen LogP contribution in [0.1, 0.15) is 18.4 Å². The third kappa shape index (κ3) is 8.93. The minimum atomic E-state index is -0.493. The van der Waals surface area contributed by atoms with Gasteiger partial charge in [-0.1, -0.05) is 35.3 Å². The van der Waals surface area contributed by atoms with Crippen LogP contribution in [0.2, 0.25) is 10.0 Å². The van der Waals surface area contributed by atoms with E-state index in [1.807, 2.05) is 0 Å². The number of rotatable bonds is 7. The van der Waals surface area contributed by atoms with Gasteiger partial charge in [-0.2, -0.15) is 0 Å². The molecule has 4 N–H and O–H groups in total. The summed E-state index contributed by atoms with van der Waals surface area (Å²) >= 11 is 16.7. The number of halogens is 2. The Morgan fingerprint density at radius 1 is 1.00 bits per heavy atom. The monoisotopic (exact) mass is 494 g/mol. The van der Waals surface area contributed by atoms with Crippen LogP contribution in [0.15, 0.2) is 48.5 Å². The summed E-state index contributed by atoms with van der Waals surface area (Å²) in [6.07, 6.45) is 2.69. The number of ether oxygens (including phenoxy) is 1. The molecule has 0 bridgehead atoms. The summed E-state index contributed by atoms with van der Waals surface area (Å²) in [5, 5.41) is 5.61. The van der Waals surface area contributed by atoms with Gasteiger partial charge in [0.15, 0.2) is 5.11 Å². The zero-order chi connectivity index (χ0) is 23.5. The molecule has 0 spiro atoms. The van der Waals surface area contributed by atoms with Crippen molar-refractivity contribution < 1.29 is 19.1 Å². The van der Waals surface area contributed by atoms with Crippen molar-refractivity contribution in [3.63, 3.8) is 0 Å². The van der Waals surface area contributed by atoms with Crippen molar-refractivity contribution in [2.45, 2.75) is 12.8 Å². The number of benzene rings is 2. The average molecular weight is 495 g/mol. The van der Waals surface area contributed by atoms with Crippen molar-refractivity contribution in [2.24, 2.45) is 0 Å². The Bertz CT molecular complexity index is 1030. The molecule has 0 saturated heterocycles. The minimum Gasteiger partial charge on any atom is -0.497 e. The van der Waals surface area contributed by atoms with Crippen molar-refractivity contribution in [3.8, 4) is 5.75 Å². The van der Waals surface area contributed by atoms with Crippen LogP contribution in [0, 0.1) is 0 Å². The van der Waals surface area contributed by atoms with Crippen molar-refractivity contribution in [1.82, 2.24) is 16.2 Å². The number of methoxy groups -OCH3 is 1. The fraction of sp³-hybridized carbons (Fsp3) is 0.143. The number of nitrogens with one attached hydrogen (secondary N) is 4. The van der Waals surface area contributed by atoms with Gasteiger partial charge in [-0.3, -0.25) is 30.6 Å². The molecule has 0 unspecified atom stereocenters. The number of anilines is 1. The Labute approximate surface area is 200 Å². The third-order valence-corrected chi connectivity index (χ3v) is 4.63. The maximum Gasteiger partial charge on any atom is 0.250 e. The highest BCUT2D eigenvalue weighted by Gasteiger charge is 2.10. The fourth-order valence-electron chi connectivity index (χ4n) is 2.29. The number of amides is 3. The molecule has 0 heterocycles. The number of hydrogen-bond acceptors (Lipinski definition) is 5. The number of carbonyl (C=O) groups excluding carboxylic acids is 3. The van der Waals surface area contributed by atoms with Crippen LogP contribution in [0.3, 0.4) is 0 Å². The largest absolute Gasteiger partial charge is 0.497 e. The summed E-state index contributed by atoms with van der Waals surface area (Å²) in [6.45, 7) is 0. The van der Waals surface area contributed by atoms with Crippen LogP contribution >= 0.6 is 35.4 Å². The van der Waals surface area contributed by atoms with E-state index in [1.165, 1.54) is 12.1 Å². The second-order valence-corrected chi connectivity index (χ2v) is 7.52. The zero-order valence-corrected chi connectivity index (χ0v) is 19.2. The van der Waals surface area contributed by atoms with Gasteiger partial charge < -0.3 is 10.1 Å². The molecule has 0 saturated carbocycles. The van der Waals surface area contributed by atoms with Crippen LogP contribution < -0.4 is 26.2 Å². The van der Waals surface area contributed by atoms with E-state index in [-0.39, 0.29) is 18.0 Å². The predicted octanol–water partition coefficient (Wildman–Crippen LogP) is 3.46. The number of thiocarbonyl (C=S) groups is 1. The SMILES string of the molecule is COc1ccc(/C=C/C(=O)NC(=S)NNC(=O)CCC(=O)Nc2ccc(Cl)cc2Cl)cc1. The first-order chi connectivity index (χ1) is 15.3. The average Bonchev–Trinajstić information content (AvgIpc) is 2.77. The molecule has 32 heavy (non-hydrogen) atoms. The maximum absolute atomic E-state index is 12.0. The van der Waals surface area contributed by atoms with E-state index in [1.54, 1.807) is 49.6 Å². The molecule has 0 aliphatic rings. The number of hydrazine groups is 1. The summed E-state index contributed by atoms with van der Waals surface area (Å²) in [4.78, 5) is 35.7. The molecule has 2 aromatic rings. The van der Waals surface area contributed by atoms with Crippen molar-refractivity contribution in [3.05, 3.63) is 64.1 Å². The zero-order valence-electron chi connectivity index (χ0n) is 16.9. The minimum absolute atomic E-state index is 0.0871. The lowest BCUT2D eigenvalue weighted by Gasteiger charge is -2.10. The van der Waals surface area contributed by atoms with Gasteiger partial charge in [-0.15, -0.1) is 0 Å². The Kier molecular flexibility index (Phi) is 9.93. The molecular formula is C21H20Cl2N4O4S. The molecule has 2 rings (SSSR count). The van der Waals surface area contributed by atoms with E-state index in [0.717, 1.165) is 5.56 Å². The van der Waals surface area contributed by atoms with Gasteiger partial charge >= 0.3 is 0 Å². The van der Waals surface area contributed by atoms with E-state index in [0.29, 0.717) is 21.5 Å². The lowest BCUT2D eigenvalue weighted by atomic mass is 10.2. The summed E-state index contributed by atoms with van der Waals surface area (Å²) in [7, 11) is 1.57. The van der Waals surface area contributed by atoms with Gasteiger partial charge in [0.1, 0.15) is 5.75 Å². The molecule has 0 radical (unpaired) electrons. The fourth-order valence-corrected chi connectivity index (χ4v) is 2.90. The quantitative estimate of drug-likeness (QED) is 0.266. The molecule has 0 aliphatic carbocycles. The molecule has 2 aromatic carbocycles. The first-order valence-corrected chi connectivity index (χ1v) is 10.4. The molecular weight excluding hydrogens is 475 g/mol. The Hall–Kier alpha value is -3.14. The van der Waals surface area contributed by atoms with Gasteiger partial charge in [0.05, 0.1) is 17.8 Å². The summed E-state index contributed by atoms with van der Waals surface area (Å²) in [5.74, 6) is -0.664. The second-order valence-electron chi connectivity index (χ2n) is 6.27. The summed E-state index contributed by atoms with van der Waals surface area (Å²) in [5.41, 5.74) is 5.90. The van der Waals surface area contributed by atoms with E-state index < -0.39 is 17.7 Å². The smallest absolute Gasteiger partial charge is 0.250 e. The summed E-state index contributed by atoms with van der Waals surface area (Å²) in [6, 6.07) is 11.8. The van der Waals surface area contributed by atoms with Crippen LogP contribution in [-0.4, -0.2) is 29.9 Å². The topological polar surface area (TPSA) is 109 Å². The Balaban J connectivity index is 1.68. The van der Waals surface area contributed by atoms with Gasteiger partial charge in [0.25, 0.3) is 0 Å². The lowest BCUT2D eigenvalue weighted by Crippen LogP contribution is -2.48. The molecule has 0 aliphatic heterocycles. The standard InChI is InChI=1S/C21H20Cl2N4O4S/c1-31-15-6-2-13(3-7-15)4-9-19(29)25-21(32)27-26-20(30)11-10-18(28)24-17-8-5-14(22)12-16(17)23/h2-9,12H,10-11H2,1H3,(H,24,28)(H,26,30)(H2,25,27,29,32)/b9-4+. The summed E-state index contributed by atoms with van der Waals surface area (Å²) < 4.78 is 5.06. The molecule has 8 nitrogen and oxygen atoms in total. The van der Waals surface area contributed by atoms with Gasteiger partial charge in [-0.05, 0) is 54.2 Å². The molecule has 3 amide bonds. The van der Waals surface area contributed by atoms with E-state index in [9.17, 15) is 14.4 Å². The van der Waals surface area contributed by atoms with Crippen molar-refractivity contribution in [1.29, 1.82) is 0 Å². The molecule has 0 aromatic heterocycles. The van der Waals surface area contributed by atoms with E-state index in [4.69, 9.17) is 40.2 Å². The Morgan fingerprint density at radius 2 is 1.69 bits per heavy atom. The molecule has 0 fully saturated rings. The van der Waals surface area contributed by atoms with E-state index >= 15 is 0 Å². The highest BCUT2D eigenvalue weighted by Crippen LogP contribution is 2.25. The van der Waals surface area contributed by atoms with Crippen LogP contribution in [0.25, 0.3) is 6.08 Å². The first-order valence-electron chi connectivity index (χ1n) is 9.23. The van der Waals surface area contributed by atoms with Crippen molar-refractivity contribution in [2.75, 3.05) is 12.4 Å². The highest BCUT2D eigenvalue weighted by atomic mass is 35.5. The lowest BCUT2D eigenvalue weighted by molar-refractivity contribution is -0.124. The van der Waals surface area contributed by atoms with Gasteiger partial charge in [0, 0.05) is 23.9 Å². The first kappa shape index (κ1) is 25.1. The van der Waals surface area contributed by atoms with Gasteiger partial charge in [0.2, 0.25) is 17.7 Å². The maximum atomic E-state index is 12.0. The Morgan fingerprint density at radius 3 is 2.34 bits per heavy atom. The molecule has 11 heteroatoms. The number of hydrogen-bond donors (Lipinski definition) is 4.